The average molecular weight is 775 g/mol. The van der Waals surface area contributed by atoms with E-state index in [0.29, 0.717) is 34.3 Å². The number of ether oxygens (including phenoxy) is 2. The minimum atomic E-state index is -5.03. The van der Waals surface area contributed by atoms with E-state index in [1.165, 1.54) is 11.8 Å². The van der Waals surface area contributed by atoms with Gasteiger partial charge >= 0.3 is 12.1 Å². The van der Waals surface area contributed by atoms with E-state index in [-0.39, 0.29) is 44.1 Å². The van der Waals surface area contributed by atoms with Crippen molar-refractivity contribution in [2.45, 2.75) is 68.3 Å². The molecule has 0 aliphatic carbocycles. The normalized spacial score (nSPS) is 20.0. The second-order valence-electron chi connectivity index (χ2n) is 13.2. The first kappa shape index (κ1) is 38.0. The van der Waals surface area contributed by atoms with Gasteiger partial charge in [0, 0.05) is 30.8 Å². The van der Waals surface area contributed by atoms with Crippen molar-refractivity contribution in [1.29, 1.82) is 0 Å². The standard InChI is InChI=1S/C39H37F3N6O6S/c40-39(41,42)37(52)47-18-2-5-33(47)35(51)43-21-25-3-1-4-29(19-25)26-10-12-28(13-11-26)36-53-32(20-34(54-36)27-8-6-24(22-49)7-9-27)23-55-38-44-45-46-48(38)30-14-16-31(50)17-15-30/h1,3-4,6-17,19,32-34,36,49-50H,2,5,18,20-23H2,(H,43,51)/t32-,33+,34+,36+/m1/s1. The molecule has 7 rings (SSSR count). The Hall–Kier alpha value is -5.29. The maximum atomic E-state index is 13.0. The van der Waals surface area contributed by atoms with E-state index in [1.54, 1.807) is 28.9 Å². The zero-order valence-electron chi connectivity index (χ0n) is 29.3. The molecule has 2 saturated heterocycles. The number of nitrogens with one attached hydrogen (secondary N) is 1. The van der Waals surface area contributed by atoms with Crippen LogP contribution in [-0.2, 0) is 32.2 Å². The Kier molecular flexibility index (Phi) is 11.5. The van der Waals surface area contributed by atoms with Gasteiger partial charge in [-0.2, -0.15) is 17.9 Å². The number of nitrogens with zero attached hydrogens (tertiary/aromatic N) is 5. The molecule has 0 saturated carbocycles. The molecule has 12 nitrogen and oxygen atoms in total. The van der Waals surface area contributed by atoms with E-state index < -0.39 is 30.3 Å². The highest BCUT2D eigenvalue weighted by atomic mass is 32.2. The lowest BCUT2D eigenvalue weighted by Crippen LogP contribution is -2.50. The first-order valence-electron chi connectivity index (χ1n) is 17.6. The quantitative estimate of drug-likeness (QED) is 0.136. The molecule has 5 aromatic rings. The summed E-state index contributed by atoms with van der Waals surface area (Å²) in [7, 11) is 0. The molecule has 0 bridgehead atoms. The van der Waals surface area contributed by atoms with Crippen molar-refractivity contribution in [3.05, 3.63) is 119 Å². The number of hydrogen-bond donors (Lipinski definition) is 3. The highest BCUT2D eigenvalue weighted by Gasteiger charge is 2.47. The van der Waals surface area contributed by atoms with Crippen molar-refractivity contribution in [1.82, 2.24) is 30.4 Å². The number of benzene rings is 4. The highest BCUT2D eigenvalue weighted by Crippen LogP contribution is 2.40. The van der Waals surface area contributed by atoms with Crippen LogP contribution in [0.1, 0.15) is 53.9 Å². The van der Waals surface area contributed by atoms with Gasteiger partial charge in [-0.25, -0.2) is 0 Å². The largest absolute Gasteiger partial charge is 0.508 e. The van der Waals surface area contributed by atoms with Crippen molar-refractivity contribution < 1.29 is 42.4 Å². The number of alkyl halides is 3. The molecule has 2 fully saturated rings. The Morgan fingerprint density at radius 2 is 1.65 bits per heavy atom. The van der Waals surface area contributed by atoms with E-state index in [1.807, 2.05) is 72.8 Å². The first-order chi connectivity index (χ1) is 26.6. The van der Waals surface area contributed by atoms with Gasteiger partial charge in [-0.1, -0.05) is 78.5 Å². The van der Waals surface area contributed by atoms with Gasteiger partial charge in [-0.05, 0) is 81.4 Å². The van der Waals surface area contributed by atoms with E-state index in [4.69, 9.17) is 9.47 Å². The molecule has 4 aromatic carbocycles. The lowest BCUT2D eigenvalue weighted by atomic mass is 9.99. The summed E-state index contributed by atoms with van der Waals surface area (Å²) in [6.07, 6.45) is -5.25. The van der Waals surface area contributed by atoms with Gasteiger partial charge in [-0.3, -0.25) is 9.59 Å². The number of carbonyl (C=O) groups is 2. The molecule has 2 aliphatic rings. The summed E-state index contributed by atoms with van der Waals surface area (Å²) in [5, 5.41) is 34.7. The Labute approximate surface area is 318 Å². The molecule has 55 heavy (non-hydrogen) atoms. The van der Waals surface area contributed by atoms with Gasteiger partial charge < -0.3 is 29.9 Å². The number of phenols is 1. The molecule has 0 unspecified atom stereocenters. The van der Waals surface area contributed by atoms with Crippen LogP contribution in [0.4, 0.5) is 13.2 Å². The molecule has 286 valence electrons. The topological polar surface area (TPSA) is 152 Å². The predicted octanol–water partition coefficient (Wildman–Crippen LogP) is 6.03. The number of hydrogen-bond acceptors (Lipinski definition) is 10. The zero-order valence-corrected chi connectivity index (χ0v) is 30.1. The smallest absolute Gasteiger partial charge is 0.471 e. The van der Waals surface area contributed by atoms with Crippen molar-refractivity contribution in [3.8, 4) is 22.6 Å². The van der Waals surface area contributed by atoms with E-state index in [0.717, 1.165) is 33.4 Å². The number of halogens is 3. The van der Waals surface area contributed by atoms with Gasteiger partial charge in [0.05, 0.1) is 24.5 Å². The summed E-state index contributed by atoms with van der Waals surface area (Å²) in [4.78, 5) is 25.3. The van der Waals surface area contributed by atoms with Crippen molar-refractivity contribution in [2.75, 3.05) is 12.3 Å². The van der Waals surface area contributed by atoms with Crippen LogP contribution in [0.25, 0.3) is 16.8 Å². The summed E-state index contributed by atoms with van der Waals surface area (Å²) in [5.74, 6) is -1.96. The number of rotatable bonds is 11. The molecule has 0 spiro atoms. The second-order valence-corrected chi connectivity index (χ2v) is 14.2. The number of aliphatic hydroxyl groups is 1. The molecule has 0 radical (unpaired) electrons. The van der Waals surface area contributed by atoms with Crippen LogP contribution >= 0.6 is 11.8 Å². The number of aromatic hydroxyl groups is 1. The van der Waals surface area contributed by atoms with Gasteiger partial charge in [-0.15, -0.1) is 5.10 Å². The number of likely N-dealkylation sites (tertiary alicyclic amines) is 1. The fourth-order valence-corrected chi connectivity index (χ4v) is 7.57. The minimum absolute atomic E-state index is 0.0663. The van der Waals surface area contributed by atoms with Gasteiger partial charge in [0.25, 0.3) is 0 Å². The number of aromatic nitrogens is 4. The van der Waals surface area contributed by atoms with Crippen LogP contribution in [0.5, 0.6) is 5.75 Å². The molecule has 1 aromatic heterocycles. The number of thioether (sulfide) groups is 1. The Balaban J connectivity index is 1.03. The van der Waals surface area contributed by atoms with E-state index in [2.05, 4.69) is 20.8 Å². The van der Waals surface area contributed by atoms with E-state index >= 15 is 0 Å². The first-order valence-corrected chi connectivity index (χ1v) is 18.6. The van der Waals surface area contributed by atoms with E-state index in [9.17, 15) is 33.0 Å². The SMILES string of the molecule is O=C(NCc1cccc(-c2ccc([C@H]3O[C@@H](CSc4nnnn4-c4ccc(O)cc4)C[C@@H](c4ccc(CO)cc4)O3)cc2)c1)[C@@H]1CCCN1C(=O)C(F)(F)F. The molecule has 3 heterocycles. The summed E-state index contributed by atoms with van der Waals surface area (Å²) in [5.41, 5.74) is 5.72. The van der Waals surface area contributed by atoms with Gasteiger partial charge in [0.15, 0.2) is 6.29 Å². The third-order valence-corrected chi connectivity index (χ3v) is 10.6. The lowest BCUT2D eigenvalue weighted by Gasteiger charge is -2.36. The van der Waals surface area contributed by atoms with Crippen LogP contribution in [-0.4, -0.2) is 77.8 Å². The fourth-order valence-electron chi connectivity index (χ4n) is 6.66. The summed E-state index contributed by atoms with van der Waals surface area (Å²) in [6, 6.07) is 28.2. The second kappa shape index (κ2) is 16.6. The monoisotopic (exact) mass is 774 g/mol. The molecule has 2 aliphatic heterocycles. The molecule has 3 N–H and O–H groups in total. The maximum Gasteiger partial charge on any atom is 0.471 e. The fraction of sp³-hybridized carbons (Fsp3) is 0.308. The lowest BCUT2D eigenvalue weighted by molar-refractivity contribution is -0.245. The summed E-state index contributed by atoms with van der Waals surface area (Å²) >= 11 is 1.44. The minimum Gasteiger partial charge on any atom is -0.508 e. The maximum absolute atomic E-state index is 13.0. The molecular formula is C39H37F3N6O6S. The van der Waals surface area contributed by atoms with Crippen LogP contribution < -0.4 is 5.32 Å². The third-order valence-electron chi connectivity index (χ3n) is 9.52. The summed E-state index contributed by atoms with van der Waals surface area (Å²) in [6.45, 7) is -0.0931. The number of phenolic OH excluding ortho intramolecular Hbond substituents is 1. The van der Waals surface area contributed by atoms with Crippen LogP contribution in [0.15, 0.2) is 102 Å². The summed E-state index contributed by atoms with van der Waals surface area (Å²) < 4.78 is 53.8. The number of aliphatic hydroxyl groups excluding tert-OH is 1. The average Bonchev–Trinajstić information content (AvgIpc) is 3.90. The number of tetrazole rings is 1. The Bertz CT molecular complexity index is 2100. The number of carbonyl (C=O) groups excluding carboxylic acids is 2. The molecule has 4 atom stereocenters. The van der Waals surface area contributed by atoms with Crippen LogP contribution in [0, 0.1) is 0 Å². The molecular weight excluding hydrogens is 738 g/mol. The van der Waals surface area contributed by atoms with Crippen LogP contribution in [0.3, 0.4) is 0 Å². The Morgan fingerprint density at radius 3 is 2.38 bits per heavy atom. The Morgan fingerprint density at radius 1 is 0.909 bits per heavy atom. The van der Waals surface area contributed by atoms with Crippen molar-refractivity contribution >= 4 is 23.6 Å². The molecule has 16 heteroatoms. The molecule has 2 amide bonds. The van der Waals surface area contributed by atoms with Crippen molar-refractivity contribution in [3.63, 3.8) is 0 Å². The third kappa shape index (κ3) is 8.99. The zero-order chi connectivity index (χ0) is 38.5. The van der Waals surface area contributed by atoms with Crippen molar-refractivity contribution in [2.24, 2.45) is 0 Å². The predicted molar refractivity (Wildman–Crippen MR) is 194 cm³/mol. The van der Waals surface area contributed by atoms with Crippen LogP contribution in [0.2, 0.25) is 0 Å². The highest BCUT2D eigenvalue weighted by molar-refractivity contribution is 7.99. The van der Waals surface area contributed by atoms with Gasteiger partial charge in [0.2, 0.25) is 11.1 Å². The van der Waals surface area contributed by atoms with Gasteiger partial charge in [0.1, 0.15) is 11.8 Å². The number of amides is 2.